The van der Waals surface area contributed by atoms with Crippen LogP contribution in [0.5, 0.6) is 0 Å². The molecule has 43 heavy (non-hydrogen) atoms. The molecule has 0 saturated carbocycles. The van der Waals surface area contributed by atoms with Gasteiger partial charge < -0.3 is 10.2 Å². The minimum atomic E-state index is -4.74. The van der Waals surface area contributed by atoms with E-state index in [1.807, 2.05) is 38.1 Å². The lowest BCUT2D eigenvalue weighted by Crippen LogP contribution is -2.52. The topological polar surface area (TPSA) is 86.8 Å². The Hall–Kier alpha value is -3.86. The summed E-state index contributed by atoms with van der Waals surface area (Å²) < 4.78 is 69.4. The van der Waals surface area contributed by atoms with Crippen LogP contribution in [0, 0.1) is 13.8 Å². The number of anilines is 1. The van der Waals surface area contributed by atoms with Crippen LogP contribution in [0.25, 0.3) is 0 Å². The molecule has 0 spiro atoms. The zero-order valence-corrected chi connectivity index (χ0v) is 25.6. The molecule has 0 saturated heterocycles. The molecule has 0 radical (unpaired) electrons. The van der Waals surface area contributed by atoms with Crippen molar-refractivity contribution >= 4 is 27.5 Å². The van der Waals surface area contributed by atoms with Gasteiger partial charge in [0, 0.05) is 13.1 Å². The van der Waals surface area contributed by atoms with E-state index < -0.39 is 40.3 Å². The van der Waals surface area contributed by atoms with Crippen LogP contribution in [0.4, 0.5) is 18.9 Å². The Kier molecular flexibility index (Phi) is 11.4. The maximum Gasteiger partial charge on any atom is 0.416 e. The van der Waals surface area contributed by atoms with Crippen LogP contribution < -0.4 is 9.62 Å². The van der Waals surface area contributed by atoms with E-state index in [9.17, 15) is 31.2 Å². The van der Waals surface area contributed by atoms with Gasteiger partial charge in [0.05, 0.1) is 16.1 Å². The normalized spacial score (nSPS) is 12.4. The molecule has 1 N–H and O–H groups in total. The summed E-state index contributed by atoms with van der Waals surface area (Å²) in [6.07, 6.45) is -2.90. The van der Waals surface area contributed by atoms with Crippen LogP contribution >= 0.6 is 0 Å². The molecule has 7 nitrogen and oxygen atoms in total. The van der Waals surface area contributed by atoms with Crippen molar-refractivity contribution in [2.24, 2.45) is 0 Å². The average molecular weight is 618 g/mol. The van der Waals surface area contributed by atoms with Crippen LogP contribution in [0.3, 0.4) is 0 Å². The highest BCUT2D eigenvalue weighted by Crippen LogP contribution is 2.33. The van der Waals surface area contributed by atoms with E-state index in [1.165, 1.54) is 23.1 Å². The number of aryl methyl sites for hydroxylation is 2. The van der Waals surface area contributed by atoms with Gasteiger partial charge in [-0.05, 0) is 62.6 Å². The smallest absolute Gasteiger partial charge is 0.354 e. The lowest BCUT2D eigenvalue weighted by atomic mass is 10.1. The van der Waals surface area contributed by atoms with Crippen molar-refractivity contribution in [3.63, 3.8) is 0 Å². The maximum absolute atomic E-state index is 14.1. The summed E-state index contributed by atoms with van der Waals surface area (Å²) in [5.74, 6) is -1.12. The Bertz CT molecular complexity index is 1490. The monoisotopic (exact) mass is 617 g/mol. The molecule has 1 atom stereocenters. The molecule has 0 fully saturated rings. The van der Waals surface area contributed by atoms with Crippen LogP contribution in [-0.4, -0.2) is 44.3 Å². The van der Waals surface area contributed by atoms with Crippen molar-refractivity contribution in [2.45, 2.75) is 70.6 Å². The van der Waals surface area contributed by atoms with E-state index in [-0.39, 0.29) is 29.5 Å². The van der Waals surface area contributed by atoms with Crippen molar-refractivity contribution in [1.29, 1.82) is 0 Å². The molecule has 0 unspecified atom stereocenters. The molecule has 0 bridgehead atoms. The molecule has 3 rings (SSSR count). The first-order chi connectivity index (χ1) is 20.3. The summed E-state index contributed by atoms with van der Waals surface area (Å²) in [5.41, 5.74) is 1.11. The van der Waals surface area contributed by atoms with Crippen molar-refractivity contribution in [1.82, 2.24) is 10.2 Å². The number of carbonyl (C=O) groups is 2. The number of benzene rings is 3. The fourth-order valence-electron chi connectivity index (χ4n) is 4.52. The van der Waals surface area contributed by atoms with E-state index in [1.54, 1.807) is 26.0 Å². The fourth-order valence-corrected chi connectivity index (χ4v) is 5.93. The molecular weight excluding hydrogens is 579 g/mol. The predicted molar refractivity (Wildman–Crippen MR) is 161 cm³/mol. The first kappa shape index (κ1) is 33.6. The van der Waals surface area contributed by atoms with Gasteiger partial charge in [-0.15, -0.1) is 0 Å². The molecule has 3 aromatic carbocycles. The highest BCUT2D eigenvalue weighted by atomic mass is 32.2. The molecule has 232 valence electrons. The molecular formula is C32H38F3N3O4S. The molecule has 2 amide bonds. The second kappa shape index (κ2) is 14.5. The van der Waals surface area contributed by atoms with Gasteiger partial charge in [-0.2, -0.15) is 13.2 Å². The van der Waals surface area contributed by atoms with Gasteiger partial charge in [-0.25, -0.2) is 8.42 Å². The van der Waals surface area contributed by atoms with Gasteiger partial charge in [0.25, 0.3) is 10.0 Å². The molecule has 0 heterocycles. The lowest BCUT2D eigenvalue weighted by Gasteiger charge is -2.33. The van der Waals surface area contributed by atoms with Gasteiger partial charge in [0.1, 0.15) is 12.6 Å². The third-order valence-corrected chi connectivity index (χ3v) is 8.83. The Morgan fingerprint density at radius 2 is 1.51 bits per heavy atom. The van der Waals surface area contributed by atoms with Gasteiger partial charge in [0.15, 0.2) is 0 Å². The summed E-state index contributed by atoms with van der Waals surface area (Å²) in [4.78, 5) is 28.4. The van der Waals surface area contributed by atoms with Crippen LogP contribution in [0.2, 0.25) is 0 Å². The van der Waals surface area contributed by atoms with Crippen LogP contribution in [0.1, 0.15) is 55.4 Å². The van der Waals surface area contributed by atoms with Gasteiger partial charge >= 0.3 is 6.18 Å². The standard InChI is InChI=1S/C32H38F3N3O4S/c1-5-7-19-36-31(40)29(6-2)37(21-25-15-11-23(3)12-16-25)30(39)22-38(27-10-8-9-26(20-27)32(33,34)35)43(41,42)28-17-13-24(4)14-18-28/h8-18,20,29H,5-7,19,21-22H2,1-4H3,(H,36,40)/t29-/m0/s1. The maximum atomic E-state index is 14.1. The molecule has 11 heteroatoms. The van der Waals surface area contributed by atoms with Gasteiger partial charge in [-0.1, -0.05) is 73.9 Å². The Balaban J connectivity index is 2.09. The largest absolute Gasteiger partial charge is 0.416 e. The van der Waals surface area contributed by atoms with E-state index in [2.05, 4.69) is 5.32 Å². The number of amides is 2. The van der Waals surface area contributed by atoms with Gasteiger partial charge in [-0.3, -0.25) is 13.9 Å². The van der Waals surface area contributed by atoms with Gasteiger partial charge in [0.2, 0.25) is 11.8 Å². The molecule has 0 aliphatic heterocycles. The Morgan fingerprint density at radius 1 is 0.907 bits per heavy atom. The summed E-state index contributed by atoms with van der Waals surface area (Å²) in [6.45, 7) is 6.99. The minimum absolute atomic E-state index is 0.000171. The quantitative estimate of drug-likeness (QED) is 0.230. The molecule has 0 aliphatic carbocycles. The predicted octanol–water partition coefficient (Wildman–Crippen LogP) is 6.24. The average Bonchev–Trinajstić information content (AvgIpc) is 2.96. The third-order valence-electron chi connectivity index (χ3n) is 7.04. The summed E-state index contributed by atoms with van der Waals surface area (Å²) in [7, 11) is -4.49. The van der Waals surface area contributed by atoms with Crippen molar-refractivity contribution in [3.8, 4) is 0 Å². The number of hydrogen-bond acceptors (Lipinski definition) is 4. The van der Waals surface area contributed by atoms with E-state index in [0.29, 0.717) is 22.5 Å². The number of unbranched alkanes of at least 4 members (excludes halogenated alkanes) is 1. The van der Waals surface area contributed by atoms with E-state index >= 15 is 0 Å². The number of alkyl halides is 3. The second-order valence-corrected chi connectivity index (χ2v) is 12.3. The zero-order valence-electron chi connectivity index (χ0n) is 24.8. The highest BCUT2D eigenvalue weighted by Gasteiger charge is 2.36. The number of nitrogens with zero attached hydrogens (tertiary/aromatic N) is 2. The number of sulfonamides is 1. The zero-order chi connectivity index (χ0) is 31.8. The number of hydrogen-bond donors (Lipinski definition) is 1. The molecule has 0 aromatic heterocycles. The molecule has 0 aliphatic rings. The first-order valence-corrected chi connectivity index (χ1v) is 15.6. The summed E-state index contributed by atoms with van der Waals surface area (Å²) >= 11 is 0. The minimum Gasteiger partial charge on any atom is -0.354 e. The highest BCUT2D eigenvalue weighted by molar-refractivity contribution is 7.92. The SMILES string of the molecule is CCCCNC(=O)[C@H](CC)N(Cc1ccc(C)cc1)C(=O)CN(c1cccc(C(F)(F)F)c1)S(=O)(=O)c1ccc(C)cc1. The van der Waals surface area contributed by atoms with Crippen molar-refractivity contribution < 1.29 is 31.2 Å². The number of halogens is 3. The van der Waals surface area contributed by atoms with Crippen molar-refractivity contribution in [2.75, 3.05) is 17.4 Å². The second-order valence-electron chi connectivity index (χ2n) is 10.4. The van der Waals surface area contributed by atoms with Crippen LogP contribution in [0.15, 0.2) is 77.7 Å². The fraction of sp³-hybridized carbons (Fsp3) is 0.375. The first-order valence-electron chi connectivity index (χ1n) is 14.2. The number of rotatable bonds is 13. The van der Waals surface area contributed by atoms with E-state index in [4.69, 9.17) is 0 Å². The molecule has 3 aromatic rings. The van der Waals surface area contributed by atoms with Crippen molar-refractivity contribution in [3.05, 3.63) is 95.1 Å². The number of nitrogens with one attached hydrogen (secondary N) is 1. The lowest BCUT2D eigenvalue weighted by molar-refractivity contribution is -0.140. The summed E-state index contributed by atoms with van der Waals surface area (Å²) in [6, 6.07) is 16.1. The van der Waals surface area contributed by atoms with E-state index in [0.717, 1.165) is 36.1 Å². The Labute approximate surface area is 251 Å². The summed E-state index contributed by atoms with van der Waals surface area (Å²) in [5, 5.41) is 2.85. The number of carbonyl (C=O) groups excluding carboxylic acids is 2. The third kappa shape index (κ3) is 8.82. The Morgan fingerprint density at radius 3 is 2.07 bits per heavy atom. The van der Waals surface area contributed by atoms with Crippen LogP contribution in [-0.2, 0) is 32.3 Å².